The highest BCUT2D eigenvalue weighted by Gasteiger charge is 2.22. The molecule has 1 atom stereocenters. The number of amides is 1. The lowest BCUT2D eigenvalue weighted by Gasteiger charge is -2.30. The summed E-state index contributed by atoms with van der Waals surface area (Å²) in [5, 5.41) is 14.5. The average Bonchev–Trinajstić information content (AvgIpc) is 3.30. The number of nitrogens with zero attached hydrogens (tertiary/aromatic N) is 5. The zero-order valence-corrected chi connectivity index (χ0v) is 18.5. The summed E-state index contributed by atoms with van der Waals surface area (Å²) in [5.41, 5.74) is 4.39. The van der Waals surface area contributed by atoms with E-state index in [9.17, 15) is 9.35 Å². The highest BCUT2D eigenvalue weighted by Crippen LogP contribution is 2.24. The maximum absolute atomic E-state index is 13.1. The van der Waals surface area contributed by atoms with Crippen molar-refractivity contribution in [3.63, 3.8) is 0 Å². The normalized spacial score (nSPS) is 16.2. The molecule has 1 aromatic heterocycles. The van der Waals surface area contributed by atoms with E-state index in [1.807, 2.05) is 50.2 Å². The molecule has 162 valence electrons. The van der Waals surface area contributed by atoms with Gasteiger partial charge in [0.15, 0.2) is 0 Å². The first-order valence-electron chi connectivity index (χ1n) is 10.3. The Hall–Kier alpha value is -2.75. The molecule has 0 saturated carbocycles. The highest BCUT2D eigenvalue weighted by atomic mass is 32.2. The van der Waals surface area contributed by atoms with Crippen molar-refractivity contribution >= 4 is 17.1 Å². The van der Waals surface area contributed by atoms with Gasteiger partial charge >= 0.3 is 0 Å². The lowest BCUT2D eigenvalue weighted by atomic mass is 10.0. The third kappa shape index (κ3) is 5.49. The molecule has 0 bridgehead atoms. The molecule has 1 aliphatic rings. The van der Waals surface area contributed by atoms with Crippen LogP contribution in [0.1, 0.15) is 22.8 Å². The number of hydrogen-bond acceptors (Lipinski definition) is 6. The van der Waals surface area contributed by atoms with Crippen LogP contribution < -0.4 is 5.32 Å². The molecule has 1 amide bonds. The molecule has 4 rings (SSSR count). The van der Waals surface area contributed by atoms with E-state index in [-0.39, 0.29) is 11.9 Å². The molecular weight excluding hydrogens is 412 g/mol. The first-order chi connectivity index (χ1) is 15.0. The van der Waals surface area contributed by atoms with Crippen molar-refractivity contribution in [1.82, 2.24) is 30.4 Å². The van der Waals surface area contributed by atoms with Gasteiger partial charge in [-0.1, -0.05) is 41.0 Å². The molecule has 1 aliphatic heterocycles. The van der Waals surface area contributed by atoms with Gasteiger partial charge in [0.25, 0.3) is 5.91 Å². The van der Waals surface area contributed by atoms with E-state index in [0.29, 0.717) is 17.1 Å². The van der Waals surface area contributed by atoms with Gasteiger partial charge in [-0.3, -0.25) is 9.69 Å². The molecule has 0 unspecified atom stereocenters. The Morgan fingerprint density at radius 1 is 1.16 bits per heavy atom. The number of aryl methyl sites for hydroxylation is 1. The van der Waals surface area contributed by atoms with Crippen LogP contribution in [0.5, 0.6) is 0 Å². The molecule has 8 nitrogen and oxygen atoms in total. The summed E-state index contributed by atoms with van der Waals surface area (Å²) in [4.78, 5) is 15.3. The standard InChI is InChI=1S/C22H26N6O2S/c1-16-3-5-18(6-4-16)19-11-20(13-21(12-19)28-15-23-25-26-28)22(29)24-17(2)14-27-7-9-31(30)10-8-27/h3-6,11-13,15,17H,7-10,14H2,1-2H3,(H,24,29)/t17-/m1/s1. The molecular formula is C22H26N6O2S. The predicted molar refractivity (Wildman–Crippen MR) is 121 cm³/mol. The summed E-state index contributed by atoms with van der Waals surface area (Å²) < 4.78 is 13.1. The van der Waals surface area contributed by atoms with Crippen LogP contribution in [0.25, 0.3) is 16.8 Å². The lowest BCUT2D eigenvalue weighted by Crippen LogP contribution is -2.47. The van der Waals surface area contributed by atoms with Crippen LogP contribution in [0, 0.1) is 6.92 Å². The van der Waals surface area contributed by atoms with E-state index in [1.54, 1.807) is 10.7 Å². The van der Waals surface area contributed by atoms with Gasteiger partial charge in [-0.15, -0.1) is 5.10 Å². The van der Waals surface area contributed by atoms with E-state index < -0.39 is 11.2 Å². The maximum Gasteiger partial charge on any atom is 0.251 e. The minimum atomic E-state index is -0.704. The number of rotatable bonds is 6. The van der Waals surface area contributed by atoms with Crippen molar-refractivity contribution in [3.8, 4) is 16.8 Å². The minimum Gasteiger partial charge on any atom is -0.616 e. The van der Waals surface area contributed by atoms with Crippen molar-refractivity contribution in [2.75, 3.05) is 31.1 Å². The Kier molecular flexibility index (Phi) is 6.64. The monoisotopic (exact) mass is 438 g/mol. The summed E-state index contributed by atoms with van der Waals surface area (Å²) in [6.45, 7) is 6.38. The van der Waals surface area contributed by atoms with Gasteiger partial charge < -0.3 is 9.87 Å². The zero-order valence-electron chi connectivity index (χ0n) is 17.7. The number of hydrogen-bond donors (Lipinski definition) is 1. The predicted octanol–water partition coefficient (Wildman–Crippen LogP) is 1.82. The van der Waals surface area contributed by atoms with Crippen molar-refractivity contribution in [3.05, 3.63) is 59.9 Å². The van der Waals surface area contributed by atoms with Crippen molar-refractivity contribution < 1.29 is 9.35 Å². The average molecular weight is 439 g/mol. The fourth-order valence-electron chi connectivity index (χ4n) is 3.67. The van der Waals surface area contributed by atoms with E-state index in [4.69, 9.17) is 0 Å². The maximum atomic E-state index is 13.1. The van der Waals surface area contributed by atoms with Crippen LogP contribution >= 0.6 is 0 Å². The van der Waals surface area contributed by atoms with Crippen LogP contribution in [0.2, 0.25) is 0 Å². The van der Waals surface area contributed by atoms with Crippen molar-refractivity contribution in [2.24, 2.45) is 0 Å². The third-order valence-electron chi connectivity index (χ3n) is 5.36. The van der Waals surface area contributed by atoms with Crippen LogP contribution in [0.3, 0.4) is 0 Å². The zero-order chi connectivity index (χ0) is 21.8. The largest absolute Gasteiger partial charge is 0.616 e. The molecule has 3 aromatic rings. The molecule has 0 spiro atoms. The molecule has 1 N–H and O–H groups in total. The van der Waals surface area contributed by atoms with Gasteiger partial charge in [-0.25, -0.2) is 4.68 Å². The van der Waals surface area contributed by atoms with Crippen LogP contribution in [0.15, 0.2) is 48.8 Å². The smallest absolute Gasteiger partial charge is 0.251 e. The molecule has 2 aromatic carbocycles. The Morgan fingerprint density at radius 3 is 2.58 bits per heavy atom. The fourth-order valence-corrected chi connectivity index (χ4v) is 4.79. The van der Waals surface area contributed by atoms with Crippen molar-refractivity contribution in [2.45, 2.75) is 19.9 Å². The van der Waals surface area contributed by atoms with E-state index in [1.165, 1.54) is 11.9 Å². The first kappa shape index (κ1) is 21.5. The second-order valence-corrected chi connectivity index (χ2v) is 9.61. The van der Waals surface area contributed by atoms with Gasteiger partial charge in [-0.2, -0.15) is 0 Å². The molecule has 0 radical (unpaired) electrons. The molecule has 1 saturated heterocycles. The lowest BCUT2D eigenvalue weighted by molar-refractivity contribution is 0.0930. The van der Waals surface area contributed by atoms with Gasteiger partial charge in [-0.05, 0) is 53.6 Å². The Morgan fingerprint density at radius 2 is 1.90 bits per heavy atom. The van der Waals surface area contributed by atoms with Gasteiger partial charge in [0.1, 0.15) is 17.8 Å². The second-order valence-electron chi connectivity index (χ2n) is 7.91. The van der Waals surface area contributed by atoms with E-state index >= 15 is 0 Å². The van der Waals surface area contributed by atoms with Gasteiger partial charge in [0.2, 0.25) is 0 Å². The number of tetrazole rings is 1. The van der Waals surface area contributed by atoms with Crippen LogP contribution in [0.4, 0.5) is 0 Å². The second kappa shape index (κ2) is 9.59. The Bertz CT molecular complexity index is 1020. The first-order valence-corrected chi connectivity index (χ1v) is 11.8. The molecule has 1 fully saturated rings. The highest BCUT2D eigenvalue weighted by molar-refractivity contribution is 7.91. The number of nitrogens with one attached hydrogen (secondary N) is 1. The quantitative estimate of drug-likeness (QED) is 0.590. The van der Waals surface area contributed by atoms with E-state index in [0.717, 1.165) is 36.4 Å². The summed E-state index contributed by atoms with van der Waals surface area (Å²) in [6, 6.07) is 13.8. The van der Waals surface area contributed by atoms with Gasteiger partial charge in [0, 0.05) is 31.2 Å². The van der Waals surface area contributed by atoms with E-state index in [2.05, 4.69) is 25.7 Å². The Labute approximate surface area is 184 Å². The summed E-state index contributed by atoms with van der Waals surface area (Å²) in [7, 11) is 0. The third-order valence-corrected chi connectivity index (χ3v) is 6.63. The number of carbonyl (C=O) groups is 1. The topological polar surface area (TPSA) is 99.0 Å². The SMILES string of the molecule is Cc1ccc(-c2cc(C(=O)N[C@H](C)CN3CC[S+]([O-])CC3)cc(-n3cnnn3)c2)cc1. The summed E-state index contributed by atoms with van der Waals surface area (Å²) in [5.74, 6) is 1.26. The van der Waals surface area contributed by atoms with Crippen LogP contribution in [-0.2, 0) is 11.2 Å². The molecule has 2 heterocycles. The Balaban J connectivity index is 1.54. The molecule has 0 aliphatic carbocycles. The van der Waals surface area contributed by atoms with Crippen molar-refractivity contribution in [1.29, 1.82) is 0 Å². The van der Waals surface area contributed by atoms with Gasteiger partial charge in [0.05, 0.1) is 5.69 Å². The summed E-state index contributed by atoms with van der Waals surface area (Å²) >= 11 is -0.704. The minimum absolute atomic E-state index is 0.0291. The molecule has 31 heavy (non-hydrogen) atoms. The number of aromatic nitrogens is 4. The molecule has 9 heteroatoms. The number of benzene rings is 2. The van der Waals surface area contributed by atoms with Crippen LogP contribution in [-0.4, -0.2) is 72.7 Å². The fraction of sp³-hybridized carbons (Fsp3) is 0.364. The number of carbonyl (C=O) groups excluding carboxylic acids is 1. The summed E-state index contributed by atoms with van der Waals surface area (Å²) in [6.07, 6.45) is 1.51.